The van der Waals surface area contributed by atoms with Gasteiger partial charge in [-0.1, -0.05) is 39.5 Å². The van der Waals surface area contributed by atoms with E-state index in [0.717, 1.165) is 35.5 Å². The van der Waals surface area contributed by atoms with Gasteiger partial charge in [-0.3, -0.25) is 0 Å². The van der Waals surface area contributed by atoms with Crippen LogP contribution in [-0.4, -0.2) is 0 Å². The SMILES string of the molecule is CC1(C)CCCC2CCC3C4CCCC4CCC3C21. The van der Waals surface area contributed by atoms with E-state index < -0.39 is 0 Å². The second-order valence-electron chi connectivity index (χ2n) is 9.00. The van der Waals surface area contributed by atoms with Gasteiger partial charge in [0, 0.05) is 0 Å². The van der Waals surface area contributed by atoms with Gasteiger partial charge in [0.05, 0.1) is 0 Å². The molecule has 0 saturated heterocycles. The molecule has 0 spiro atoms. The molecule has 4 saturated carbocycles. The van der Waals surface area contributed by atoms with Gasteiger partial charge in [-0.25, -0.2) is 0 Å². The lowest BCUT2D eigenvalue weighted by Gasteiger charge is -2.57. The second-order valence-corrected chi connectivity index (χ2v) is 9.00. The highest BCUT2D eigenvalue weighted by Crippen LogP contribution is 2.61. The zero-order chi connectivity index (χ0) is 13.0. The molecule has 19 heavy (non-hydrogen) atoms. The molecule has 0 aromatic rings. The Morgan fingerprint density at radius 3 is 2.26 bits per heavy atom. The van der Waals surface area contributed by atoms with E-state index in [-0.39, 0.29) is 0 Å². The highest BCUT2D eigenvalue weighted by Gasteiger charge is 2.52. The molecule has 6 atom stereocenters. The van der Waals surface area contributed by atoms with Gasteiger partial charge in [-0.2, -0.15) is 0 Å². The first kappa shape index (κ1) is 12.7. The molecule has 4 aliphatic carbocycles. The van der Waals surface area contributed by atoms with Crippen molar-refractivity contribution in [2.75, 3.05) is 0 Å². The van der Waals surface area contributed by atoms with Gasteiger partial charge in [0.15, 0.2) is 0 Å². The van der Waals surface area contributed by atoms with Crippen LogP contribution >= 0.6 is 0 Å². The Bertz CT molecular complexity index is 342. The number of fused-ring (bicyclic) bond motifs is 5. The predicted molar refractivity (Wildman–Crippen MR) is 80.9 cm³/mol. The van der Waals surface area contributed by atoms with Crippen LogP contribution in [0.5, 0.6) is 0 Å². The first-order chi connectivity index (χ1) is 9.17. The second kappa shape index (κ2) is 4.50. The van der Waals surface area contributed by atoms with Crippen molar-refractivity contribution in [3.8, 4) is 0 Å². The lowest BCUT2D eigenvalue weighted by Crippen LogP contribution is -2.49. The van der Waals surface area contributed by atoms with Crippen LogP contribution in [0.4, 0.5) is 0 Å². The summed E-state index contributed by atoms with van der Waals surface area (Å²) in [5, 5.41) is 0. The largest absolute Gasteiger partial charge is 0.0596 e. The maximum absolute atomic E-state index is 2.60. The first-order valence-corrected chi connectivity index (χ1v) is 9.17. The summed E-state index contributed by atoms with van der Waals surface area (Å²) in [6.07, 6.45) is 15.7. The van der Waals surface area contributed by atoms with E-state index in [1.807, 2.05) is 0 Å². The molecule has 4 rings (SSSR count). The molecule has 0 amide bonds. The molecule has 0 radical (unpaired) electrons. The van der Waals surface area contributed by atoms with Crippen molar-refractivity contribution in [1.82, 2.24) is 0 Å². The monoisotopic (exact) mass is 260 g/mol. The molecule has 0 aromatic carbocycles. The summed E-state index contributed by atoms with van der Waals surface area (Å²) in [5.74, 6) is 6.74. The molecule has 0 heteroatoms. The van der Waals surface area contributed by atoms with Gasteiger partial charge in [0.2, 0.25) is 0 Å². The van der Waals surface area contributed by atoms with E-state index in [0.29, 0.717) is 5.41 Å². The maximum atomic E-state index is 2.60. The molecule has 0 bridgehead atoms. The van der Waals surface area contributed by atoms with Gasteiger partial charge in [0.25, 0.3) is 0 Å². The standard InChI is InChI=1S/C19H32/c1-19(2)12-4-6-14-9-10-16-15-7-3-5-13(15)8-11-17(16)18(14)19/h13-18H,3-12H2,1-2H3. The normalized spacial score (nSPS) is 52.1. The van der Waals surface area contributed by atoms with Gasteiger partial charge in [0.1, 0.15) is 0 Å². The van der Waals surface area contributed by atoms with Gasteiger partial charge in [-0.05, 0) is 79.4 Å². The Kier molecular flexibility index (Phi) is 3.01. The Hall–Kier alpha value is 0. The Balaban J connectivity index is 1.62. The maximum Gasteiger partial charge on any atom is -0.0303 e. The third kappa shape index (κ3) is 1.92. The van der Waals surface area contributed by atoms with Crippen molar-refractivity contribution in [3.05, 3.63) is 0 Å². The fraction of sp³-hybridized carbons (Fsp3) is 1.00. The van der Waals surface area contributed by atoms with E-state index >= 15 is 0 Å². The smallest absolute Gasteiger partial charge is 0.0303 e. The zero-order valence-corrected chi connectivity index (χ0v) is 13.0. The van der Waals surface area contributed by atoms with E-state index in [1.165, 1.54) is 12.8 Å². The molecule has 0 heterocycles. The molecule has 0 nitrogen and oxygen atoms in total. The first-order valence-electron chi connectivity index (χ1n) is 9.17. The molecule has 6 unspecified atom stereocenters. The summed E-state index contributed by atoms with van der Waals surface area (Å²) < 4.78 is 0. The van der Waals surface area contributed by atoms with Crippen LogP contribution in [0.25, 0.3) is 0 Å². The Labute approximate surface area is 119 Å². The fourth-order valence-electron chi connectivity index (χ4n) is 7.26. The molecule has 108 valence electrons. The summed E-state index contributed by atoms with van der Waals surface area (Å²) in [7, 11) is 0. The summed E-state index contributed by atoms with van der Waals surface area (Å²) >= 11 is 0. The van der Waals surface area contributed by atoms with E-state index in [1.54, 1.807) is 51.4 Å². The minimum atomic E-state index is 0.650. The molecule has 0 aromatic heterocycles. The van der Waals surface area contributed by atoms with Crippen LogP contribution in [-0.2, 0) is 0 Å². The van der Waals surface area contributed by atoms with E-state index in [9.17, 15) is 0 Å². The minimum absolute atomic E-state index is 0.650. The van der Waals surface area contributed by atoms with Crippen LogP contribution in [0.1, 0.15) is 78.1 Å². The fourth-order valence-corrected chi connectivity index (χ4v) is 7.26. The van der Waals surface area contributed by atoms with Crippen molar-refractivity contribution in [1.29, 1.82) is 0 Å². The molecular formula is C19H32. The van der Waals surface area contributed by atoms with E-state index in [2.05, 4.69) is 13.8 Å². The molecule has 0 N–H and O–H groups in total. The summed E-state index contributed by atoms with van der Waals surface area (Å²) in [6, 6.07) is 0. The van der Waals surface area contributed by atoms with Crippen molar-refractivity contribution in [2.45, 2.75) is 78.1 Å². The average Bonchev–Trinajstić information content (AvgIpc) is 2.85. The molecule has 0 aliphatic heterocycles. The predicted octanol–water partition coefficient (Wildman–Crippen LogP) is 5.67. The highest BCUT2D eigenvalue weighted by atomic mass is 14.6. The van der Waals surface area contributed by atoms with E-state index in [4.69, 9.17) is 0 Å². The zero-order valence-electron chi connectivity index (χ0n) is 13.0. The van der Waals surface area contributed by atoms with Crippen LogP contribution in [0, 0.1) is 40.9 Å². The van der Waals surface area contributed by atoms with Crippen molar-refractivity contribution < 1.29 is 0 Å². The van der Waals surface area contributed by atoms with Crippen LogP contribution in [0.3, 0.4) is 0 Å². The highest BCUT2D eigenvalue weighted by molar-refractivity contribution is 5.02. The molecule has 4 fully saturated rings. The van der Waals surface area contributed by atoms with Crippen molar-refractivity contribution in [2.24, 2.45) is 40.9 Å². The minimum Gasteiger partial charge on any atom is -0.0596 e. The van der Waals surface area contributed by atoms with Crippen molar-refractivity contribution in [3.63, 3.8) is 0 Å². The van der Waals surface area contributed by atoms with Crippen LogP contribution in [0.15, 0.2) is 0 Å². The van der Waals surface area contributed by atoms with Crippen LogP contribution in [0.2, 0.25) is 0 Å². The van der Waals surface area contributed by atoms with Gasteiger partial charge >= 0.3 is 0 Å². The van der Waals surface area contributed by atoms with Gasteiger partial charge < -0.3 is 0 Å². The van der Waals surface area contributed by atoms with Crippen LogP contribution < -0.4 is 0 Å². The molecule has 4 aliphatic rings. The number of hydrogen-bond donors (Lipinski definition) is 0. The lowest BCUT2D eigenvalue weighted by atomic mass is 9.48. The number of rotatable bonds is 0. The third-order valence-corrected chi connectivity index (χ3v) is 7.83. The summed E-state index contributed by atoms with van der Waals surface area (Å²) in [6.45, 7) is 5.21. The summed E-state index contributed by atoms with van der Waals surface area (Å²) in [4.78, 5) is 0. The third-order valence-electron chi connectivity index (χ3n) is 7.83. The van der Waals surface area contributed by atoms with Crippen molar-refractivity contribution >= 4 is 0 Å². The Morgan fingerprint density at radius 2 is 1.37 bits per heavy atom. The summed E-state index contributed by atoms with van der Waals surface area (Å²) in [5.41, 5.74) is 0.650. The van der Waals surface area contributed by atoms with Gasteiger partial charge in [-0.15, -0.1) is 0 Å². The quantitative estimate of drug-likeness (QED) is 0.527. The average molecular weight is 260 g/mol. The topological polar surface area (TPSA) is 0 Å². The Morgan fingerprint density at radius 1 is 0.632 bits per heavy atom. The lowest BCUT2D eigenvalue weighted by molar-refractivity contribution is -0.0773. The molecular weight excluding hydrogens is 228 g/mol. The number of hydrogen-bond acceptors (Lipinski definition) is 0.